The maximum atomic E-state index is 11.8. The highest BCUT2D eigenvalue weighted by Gasteiger charge is 2.31. The van der Waals surface area contributed by atoms with Crippen molar-refractivity contribution in [2.45, 2.75) is 65.6 Å². The SMILES string of the molecule is CC(CC(=O)CC(O)C(C)(C)C)C(C)(O)CC=O. The minimum atomic E-state index is -1.16. The lowest BCUT2D eigenvalue weighted by molar-refractivity contribution is -0.127. The molecule has 0 fully saturated rings. The van der Waals surface area contributed by atoms with E-state index in [1.54, 1.807) is 13.8 Å². The van der Waals surface area contributed by atoms with E-state index in [0.29, 0.717) is 6.29 Å². The van der Waals surface area contributed by atoms with Crippen molar-refractivity contribution in [2.24, 2.45) is 11.3 Å². The second kappa shape index (κ2) is 6.43. The third-order valence-electron chi connectivity index (χ3n) is 3.51. The summed E-state index contributed by atoms with van der Waals surface area (Å²) in [6.07, 6.45) is 0.251. The Morgan fingerprint density at radius 2 is 1.72 bits per heavy atom. The third kappa shape index (κ3) is 5.74. The van der Waals surface area contributed by atoms with Gasteiger partial charge in [-0.15, -0.1) is 0 Å². The molecule has 0 aromatic carbocycles. The van der Waals surface area contributed by atoms with Gasteiger partial charge in [-0.1, -0.05) is 27.7 Å². The second-order valence-corrected chi connectivity index (χ2v) is 6.46. The van der Waals surface area contributed by atoms with Gasteiger partial charge < -0.3 is 15.0 Å². The van der Waals surface area contributed by atoms with Crippen LogP contribution in [0.3, 0.4) is 0 Å². The molecular weight excluding hydrogens is 232 g/mol. The summed E-state index contributed by atoms with van der Waals surface area (Å²) in [6, 6.07) is 0. The first-order valence-electron chi connectivity index (χ1n) is 6.36. The number of hydrogen-bond donors (Lipinski definition) is 2. The Hall–Kier alpha value is -0.740. The third-order valence-corrected chi connectivity index (χ3v) is 3.51. The Morgan fingerprint density at radius 1 is 1.22 bits per heavy atom. The summed E-state index contributed by atoms with van der Waals surface area (Å²) in [6.45, 7) is 8.91. The van der Waals surface area contributed by atoms with Crippen LogP contribution in [0.5, 0.6) is 0 Å². The molecule has 106 valence electrons. The predicted octanol–water partition coefficient (Wildman–Crippen LogP) is 1.72. The van der Waals surface area contributed by atoms with Crippen molar-refractivity contribution >= 4 is 12.1 Å². The summed E-state index contributed by atoms with van der Waals surface area (Å²) in [7, 11) is 0. The Bertz CT molecular complexity index is 289. The van der Waals surface area contributed by atoms with Crippen molar-refractivity contribution in [3.05, 3.63) is 0 Å². The zero-order chi connectivity index (χ0) is 14.6. The van der Waals surface area contributed by atoms with E-state index in [1.165, 1.54) is 0 Å². The van der Waals surface area contributed by atoms with E-state index >= 15 is 0 Å². The molecule has 0 aliphatic carbocycles. The molecule has 0 saturated carbocycles. The van der Waals surface area contributed by atoms with E-state index < -0.39 is 11.7 Å². The van der Waals surface area contributed by atoms with Crippen LogP contribution < -0.4 is 0 Å². The lowest BCUT2D eigenvalue weighted by Crippen LogP contribution is -2.36. The van der Waals surface area contributed by atoms with Crippen LogP contribution in [0.25, 0.3) is 0 Å². The first-order chi connectivity index (χ1) is 8.00. The minimum Gasteiger partial charge on any atom is -0.392 e. The highest BCUT2D eigenvalue weighted by atomic mass is 16.3. The van der Waals surface area contributed by atoms with E-state index in [-0.39, 0.29) is 36.4 Å². The molecule has 18 heavy (non-hydrogen) atoms. The first kappa shape index (κ1) is 17.3. The Labute approximate surface area is 109 Å². The van der Waals surface area contributed by atoms with E-state index in [1.807, 2.05) is 20.8 Å². The van der Waals surface area contributed by atoms with Crippen LogP contribution in [0, 0.1) is 11.3 Å². The molecule has 0 amide bonds. The van der Waals surface area contributed by atoms with Crippen LogP contribution in [0.15, 0.2) is 0 Å². The molecule has 3 atom stereocenters. The van der Waals surface area contributed by atoms with Crippen molar-refractivity contribution in [3.8, 4) is 0 Å². The molecule has 0 bridgehead atoms. The van der Waals surface area contributed by atoms with Gasteiger partial charge in [-0.3, -0.25) is 4.79 Å². The van der Waals surface area contributed by atoms with Gasteiger partial charge in [0.05, 0.1) is 11.7 Å². The fourth-order valence-corrected chi connectivity index (χ4v) is 1.54. The van der Waals surface area contributed by atoms with Gasteiger partial charge in [0.2, 0.25) is 0 Å². The monoisotopic (exact) mass is 258 g/mol. The number of aldehydes is 1. The molecule has 0 radical (unpaired) electrons. The van der Waals surface area contributed by atoms with E-state index in [2.05, 4.69) is 0 Å². The Kier molecular flexibility index (Phi) is 6.17. The molecule has 0 spiro atoms. The van der Waals surface area contributed by atoms with E-state index in [0.717, 1.165) is 0 Å². The molecular formula is C14H26O4. The van der Waals surface area contributed by atoms with Gasteiger partial charge in [-0.25, -0.2) is 0 Å². The highest BCUT2D eigenvalue weighted by Crippen LogP contribution is 2.26. The van der Waals surface area contributed by atoms with Crippen molar-refractivity contribution < 1.29 is 19.8 Å². The summed E-state index contributed by atoms with van der Waals surface area (Å²) < 4.78 is 0. The normalized spacial score (nSPS) is 18.8. The largest absolute Gasteiger partial charge is 0.392 e. The summed E-state index contributed by atoms with van der Waals surface area (Å²) in [5, 5.41) is 19.8. The molecule has 0 rings (SSSR count). The summed E-state index contributed by atoms with van der Waals surface area (Å²) in [4.78, 5) is 22.2. The fourth-order valence-electron chi connectivity index (χ4n) is 1.54. The van der Waals surface area contributed by atoms with E-state index in [9.17, 15) is 19.8 Å². The quantitative estimate of drug-likeness (QED) is 0.682. The van der Waals surface area contributed by atoms with Gasteiger partial charge in [0.25, 0.3) is 0 Å². The van der Waals surface area contributed by atoms with Crippen LogP contribution in [0.4, 0.5) is 0 Å². The zero-order valence-corrected chi connectivity index (χ0v) is 12.1. The van der Waals surface area contributed by atoms with Gasteiger partial charge in [-0.2, -0.15) is 0 Å². The van der Waals surface area contributed by atoms with Crippen molar-refractivity contribution in [1.82, 2.24) is 0 Å². The molecule has 0 aromatic heterocycles. The van der Waals surface area contributed by atoms with E-state index in [4.69, 9.17) is 0 Å². The first-order valence-corrected chi connectivity index (χ1v) is 6.36. The molecule has 4 nitrogen and oxygen atoms in total. The maximum Gasteiger partial charge on any atom is 0.135 e. The summed E-state index contributed by atoms with van der Waals surface area (Å²) in [5.41, 5.74) is -1.49. The average Bonchev–Trinajstić information content (AvgIpc) is 2.15. The molecule has 2 N–H and O–H groups in total. The second-order valence-electron chi connectivity index (χ2n) is 6.46. The summed E-state index contributed by atoms with van der Waals surface area (Å²) >= 11 is 0. The zero-order valence-electron chi connectivity index (χ0n) is 12.1. The predicted molar refractivity (Wildman–Crippen MR) is 70.2 cm³/mol. The van der Waals surface area contributed by atoms with Crippen molar-refractivity contribution in [1.29, 1.82) is 0 Å². The number of carbonyl (C=O) groups excluding carboxylic acids is 2. The fraction of sp³-hybridized carbons (Fsp3) is 0.857. The standard InChI is InChI=1S/C14H26O4/c1-10(14(5,18)6-7-15)8-11(16)9-12(17)13(2,3)4/h7,10,12,17-18H,6,8-9H2,1-5H3. The summed E-state index contributed by atoms with van der Waals surface area (Å²) in [5.74, 6) is -0.390. The van der Waals surface area contributed by atoms with Crippen molar-refractivity contribution in [2.75, 3.05) is 0 Å². The molecule has 0 aromatic rings. The molecule has 0 heterocycles. The van der Waals surface area contributed by atoms with Gasteiger partial charge in [0.15, 0.2) is 0 Å². The minimum absolute atomic E-state index is 0.0171. The molecule has 3 unspecified atom stereocenters. The van der Waals surface area contributed by atoms with Crippen LogP contribution in [0.2, 0.25) is 0 Å². The van der Waals surface area contributed by atoms with Gasteiger partial charge in [0.1, 0.15) is 12.1 Å². The highest BCUT2D eigenvalue weighted by molar-refractivity contribution is 5.79. The Morgan fingerprint density at radius 3 is 2.11 bits per heavy atom. The molecule has 0 saturated heterocycles. The van der Waals surface area contributed by atoms with Crippen LogP contribution >= 0.6 is 0 Å². The number of ketones is 1. The van der Waals surface area contributed by atoms with Gasteiger partial charge >= 0.3 is 0 Å². The van der Waals surface area contributed by atoms with Crippen LogP contribution in [-0.2, 0) is 9.59 Å². The maximum absolute atomic E-state index is 11.8. The number of Topliss-reactive ketones (excluding diaryl/α,β-unsaturated/α-hetero) is 1. The number of carbonyl (C=O) groups is 2. The lowest BCUT2D eigenvalue weighted by Gasteiger charge is -2.29. The number of aliphatic hydroxyl groups is 2. The topological polar surface area (TPSA) is 74.6 Å². The van der Waals surface area contributed by atoms with Gasteiger partial charge in [0, 0.05) is 19.3 Å². The number of aliphatic hydroxyl groups excluding tert-OH is 1. The van der Waals surface area contributed by atoms with Crippen LogP contribution in [0.1, 0.15) is 53.9 Å². The average molecular weight is 258 g/mol. The molecule has 4 heteroatoms. The van der Waals surface area contributed by atoms with Gasteiger partial charge in [-0.05, 0) is 18.3 Å². The molecule has 0 aliphatic heterocycles. The van der Waals surface area contributed by atoms with Crippen LogP contribution in [-0.4, -0.2) is 34.0 Å². The number of rotatable bonds is 7. The lowest BCUT2D eigenvalue weighted by atomic mass is 9.81. The number of hydrogen-bond acceptors (Lipinski definition) is 4. The van der Waals surface area contributed by atoms with Crippen molar-refractivity contribution in [3.63, 3.8) is 0 Å². The molecule has 0 aliphatic rings. The smallest absolute Gasteiger partial charge is 0.135 e. The Balaban J connectivity index is 4.37.